The van der Waals surface area contributed by atoms with E-state index in [0.717, 1.165) is 0 Å². The van der Waals surface area contributed by atoms with Crippen molar-refractivity contribution in [1.29, 1.82) is 0 Å². The summed E-state index contributed by atoms with van der Waals surface area (Å²) in [5.74, 6) is -1.25. The number of fused-ring (bicyclic) bond motifs is 1. The molecule has 1 heterocycles. The van der Waals surface area contributed by atoms with Crippen LogP contribution in [0.5, 0.6) is 0 Å². The van der Waals surface area contributed by atoms with E-state index in [1.165, 1.54) is 30.3 Å². The van der Waals surface area contributed by atoms with Crippen molar-refractivity contribution in [2.75, 3.05) is 6.61 Å². The standard InChI is InChI=1S/C18H14FNO5/c1-3-24-18(21)16-12-8-10(2)14(20(22)23)9-15(12)25-17(16)11-6-4-5-7-13(11)19/h4-9H,3H2,1-2H3. The van der Waals surface area contributed by atoms with E-state index in [1.807, 2.05) is 0 Å². The average Bonchev–Trinajstić information content (AvgIpc) is 2.92. The molecule has 0 N–H and O–H groups in total. The molecular formula is C18H14FNO5. The van der Waals surface area contributed by atoms with Gasteiger partial charge in [0, 0.05) is 10.9 Å². The Balaban J connectivity index is 2.35. The van der Waals surface area contributed by atoms with Gasteiger partial charge < -0.3 is 9.15 Å². The monoisotopic (exact) mass is 343 g/mol. The van der Waals surface area contributed by atoms with E-state index in [0.29, 0.717) is 10.9 Å². The summed E-state index contributed by atoms with van der Waals surface area (Å²) >= 11 is 0. The van der Waals surface area contributed by atoms with Crippen molar-refractivity contribution >= 4 is 22.6 Å². The van der Waals surface area contributed by atoms with E-state index in [1.54, 1.807) is 19.9 Å². The first-order valence-corrected chi connectivity index (χ1v) is 7.57. The molecule has 0 amide bonds. The van der Waals surface area contributed by atoms with Crippen molar-refractivity contribution in [1.82, 2.24) is 0 Å². The number of rotatable bonds is 4. The van der Waals surface area contributed by atoms with E-state index in [9.17, 15) is 19.3 Å². The minimum absolute atomic E-state index is 0.00792. The van der Waals surface area contributed by atoms with Crippen LogP contribution in [0, 0.1) is 22.9 Å². The van der Waals surface area contributed by atoms with E-state index in [-0.39, 0.29) is 34.8 Å². The van der Waals surface area contributed by atoms with Crippen LogP contribution in [0.3, 0.4) is 0 Å². The van der Waals surface area contributed by atoms with Crippen LogP contribution in [0.15, 0.2) is 40.8 Å². The second kappa shape index (κ2) is 6.35. The molecule has 0 aliphatic rings. The van der Waals surface area contributed by atoms with Crippen LogP contribution < -0.4 is 0 Å². The molecule has 0 saturated heterocycles. The number of nitro benzene ring substituents is 1. The van der Waals surface area contributed by atoms with Gasteiger partial charge in [-0.15, -0.1) is 0 Å². The summed E-state index contributed by atoms with van der Waals surface area (Å²) in [6.45, 7) is 3.34. The summed E-state index contributed by atoms with van der Waals surface area (Å²) in [7, 11) is 0. The van der Waals surface area contributed by atoms with Crippen LogP contribution in [0.4, 0.5) is 10.1 Å². The Hall–Kier alpha value is -3.22. The Morgan fingerprint density at radius 3 is 2.68 bits per heavy atom. The Morgan fingerprint density at radius 2 is 2.04 bits per heavy atom. The zero-order valence-corrected chi connectivity index (χ0v) is 13.5. The Kier molecular flexibility index (Phi) is 4.22. The van der Waals surface area contributed by atoms with Gasteiger partial charge in [-0.1, -0.05) is 12.1 Å². The third-order valence-electron chi connectivity index (χ3n) is 3.80. The van der Waals surface area contributed by atoms with Crippen LogP contribution >= 0.6 is 0 Å². The van der Waals surface area contributed by atoms with Crippen molar-refractivity contribution in [3.05, 3.63) is 63.5 Å². The van der Waals surface area contributed by atoms with Gasteiger partial charge in [-0.05, 0) is 32.0 Å². The summed E-state index contributed by atoms with van der Waals surface area (Å²) in [5.41, 5.74) is 0.487. The van der Waals surface area contributed by atoms with Gasteiger partial charge in [0.25, 0.3) is 5.69 Å². The highest BCUT2D eigenvalue weighted by Crippen LogP contribution is 2.38. The number of halogens is 1. The largest absolute Gasteiger partial charge is 0.462 e. The molecule has 0 radical (unpaired) electrons. The van der Waals surface area contributed by atoms with Crippen LogP contribution in [0.1, 0.15) is 22.8 Å². The number of nitrogens with zero attached hydrogens (tertiary/aromatic N) is 1. The summed E-state index contributed by atoms with van der Waals surface area (Å²) in [6.07, 6.45) is 0. The maximum Gasteiger partial charge on any atom is 0.342 e. The Bertz CT molecular complexity index is 993. The third-order valence-corrected chi connectivity index (χ3v) is 3.80. The van der Waals surface area contributed by atoms with Gasteiger partial charge in [0.15, 0.2) is 5.76 Å². The van der Waals surface area contributed by atoms with Crippen LogP contribution in [0.2, 0.25) is 0 Å². The number of hydrogen-bond donors (Lipinski definition) is 0. The normalized spacial score (nSPS) is 10.8. The Labute approximate surface area is 142 Å². The zero-order valence-electron chi connectivity index (χ0n) is 13.5. The fourth-order valence-electron chi connectivity index (χ4n) is 2.68. The van der Waals surface area contributed by atoms with E-state index in [2.05, 4.69) is 0 Å². The molecule has 7 heteroatoms. The molecule has 25 heavy (non-hydrogen) atoms. The van der Waals surface area contributed by atoms with Crippen molar-refractivity contribution < 1.29 is 23.3 Å². The highest BCUT2D eigenvalue weighted by molar-refractivity contribution is 6.09. The minimum atomic E-state index is -0.673. The smallest absolute Gasteiger partial charge is 0.342 e. The van der Waals surface area contributed by atoms with Crippen LogP contribution in [-0.2, 0) is 4.74 Å². The molecule has 0 fully saturated rings. The van der Waals surface area contributed by atoms with Gasteiger partial charge in [-0.3, -0.25) is 10.1 Å². The van der Waals surface area contributed by atoms with Gasteiger partial charge in [-0.2, -0.15) is 0 Å². The predicted molar refractivity (Wildman–Crippen MR) is 89.0 cm³/mol. The van der Waals surface area contributed by atoms with Crippen molar-refractivity contribution in [3.63, 3.8) is 0 Å². The Morgan fingerprint density at radius 1 is 1.32 bits per heavy atom. The second-order valence-electron chi connectivity index (χ2n) is 5.40. The highest BCUT2D eigenvalue weighted by Gasteiger charge is 2.27. The molecule has 0 bridgehead atoms. The fourth-order valence-corrected chi connectivity index (χ4v) is 2.68. The molecule has 3 aromatic rings. The van der Waals surface area contributed by atoms with Crippen LogP contribution in [0.25, 0.3) is 22.3 Å². The zero-order chi connectivity index (χ0) is 18.1. The number of carbonyl (C=O) groups is 1. The lowest BCUT2D eigenvalue weighted by atomic mass is 10.0. The molecule has 6 nitrogen and oxygen atoms in total. The molecule has 0 atom stereocenters. The van der Waals surface area contributed by atoms with Crippen LogP contribution in [-0.4, -0.2) is 17.5 Å². The number of esters is 1. The molecule has 0 aliphatic heterocycles. The van der Waals surface area contributed by atoms with Gasteiger partial charge in [0.05, 0.1) is 23.2 Å². The molecule has 0 aliphatic carbocycles. The number of furan rings is 1. The first-order valence-electron chi connectivity index (χ1n) is 7.57. The molecule has 3 rings (SSSR count). The lowest BCUT2D eigenvalue weighted by Gasteiger charge is -2.04. The number of ether oxygens (including phenoxy) is 1. The number of hydrogen-bond acceptors (Lipinski definition) is 5. The molecule has 1 aromatic heterocycles. The average molecular weight is 343 g/mol. The lowest BCUT2D eigenvalue weighted by Crippen LogP contribution is -2.05. The van der Waals surface area contributed by atoms with Crippen molar-refractivity contribution in [2.24, 2.45) is 0 Å². The summed E-state index contributed by atoms with van der Waals surface area (Å²) in [6, 6.07) is 8.54. The minimum Gasteiger partial charge on any atom is -0.462 e. The molecular weight excluding hydrogens is 329 g/mol. The molecule has 0 saturated carbocycles. The van der Waals surface area contributed by atoms with Gasteiger partial charge >= 0.3 is 5.97 Å². The van der Waals surface area contributed by atoms with E-state index >= 15 is 0 Å². The van der Waals surface area contributed by atoms with E-state index in [4.69, 9.17) is 9.15 Å². The van der Waals surface area contributed by atoms with Crippen molar-refractivity contribution in [3.8, 4) is 11.3 Å². The number of benzene rings is 2. The van der Waals surface area contributed by atoms with Crippen molar-refractivity contribution in [2.45, 2.75) is 13.8 Å². The molecule has 0 spiro atoms. The van der Waals surface area contributed by atoms with Gasteiger partial charge in [0.2, 0.25) is 0 Å². The first-order chi connectivity index (χ1) is 11.9. The molecule has 128 valence electrons. The number of carbonyl (C=O) groups excluding carboxylic acids is 1. The number of aryl methyl sites for hydroxylation is 1. The maximum absolute atomic E-state index is 14.2. The van der Waals surface area contributed by atoms with Gasteiger partial charge in [0.1, 0.15) is 17.0 Å². The topological polar surface area (TPSA) is 82.6 Å². The fraction of sp³-hybridized carbons (Fsp3) is 0.167. The SMILES string of the molecule is CCOC(=O)c1c(-c2ccccc2F)oc2cc([N+](=O)[O-])c(C)cc12. The number of nitro groups is 1. The highest BCUT2D eigenvalue weighted by atomic mass is 19.1. The predicted octanol–water partition coefficient (Wildman–Crippen LogP) is 4.63. The lowest BCUT2D eigenvalue weighted by molar-refractivity contribution is -0.385. The summed E-state index contributed by atoms with van der Waals surface area (Å²) < 4.78 is 24.9. The molecule has 2 aromatic carbocycles. The van der Waals surface area contributed by atoms with E-state index < -0.39 is 16.7 Å². The summed E-state index contributed by atoms with van der Waals surface area (Å²) in [4.78, 5) is 23.0. The molecule has 0 unspecified atom stereocenters. The maximum atomic E-state index is 14.2. The van der Waals surface area contributed by atoms with Gasteiger partial charge in [-0.25, -0.2) is 9.18 Å². The quantitative estimate of drug-likeness (QED) is 0.392. The first kappa shape index (κ1) is 16.6. The third kappa shape index (κ3) is 2.84. The summed E-state index contributed by atoms with van der Waals surface area (Å²) in [5, 5.41) is 11.5. The second-order valence-corrected chi connectivity index (χ2v) is 5.40.